The molecule has 3 N–H and O–H groups in total. The standard InChI is InChI=1S/C22H22FN3O/c1-12-4-7-18-15(10-12)11-19(26-18)22(27)24-9-8-16-14(3)25-21-17(23)6-5-13(2)20(16)21/h4-7,10-11,25-26H,8-9H2,1-3H3,(H,24,27). The Labute approximate surface area is 156 Å². The van der Waals surface area contributed by atoms with E-state index in [1.54, 1.807) is 6.07 Å². The molecule has 0 fully saturated rings. The highest BCUT2D eigenvalue weighted by Gasteiger charge is 2.15. The molecule has 0 saturated heterocycles. The van der Waals surface area contributed by atoms with E-state index in [1.165, 1.54) is 6.07 Å². The van der Waals surface area contributed by atoms with Gasteiger partial charge in [0.2, 0.25) is 0 Å². The fourth-order valence-electron chi connectivity index (χ4n) is 3.73. The first kappa shape index (κ1) is 17.3. The molecule has 4 nitrogen and oxygen atoms in total. The van der Waals surface area contributed by atoms with Gasteiger partial charge in [-0.2, -0.15) is 0 Å². The van der Waals surface area contributed by atoms with Crippen LogP contribution in [0.2, 0.25) is 0 Å². The van der Waals surface area contributed by atoms with Gasteiger partial charge in [-0.25, -0.2) is 4.39 Å². The topological polar surface area (TPSA) is 60.7 Å². The van der Waals surface area contributed by atoms with Crippen LogP contribution in [-0.4, -0.2) is 22.4 Å². The van der Waals surface area contributed by atoms with Gasteiger partial charge in [-0.05, 0) is 62.6 Å². The van der Waals surface area contributed by atoms with Crippen LogP contribution in [0.3, 0.4) is 0 Å². The lowest BCUT2D eigenvalue weighted by atomic mass is 10.0. The monoisotopic (exact) mass is 363 g/mol. The van der Waals surface area contributed by atoms with Crippen LogP contribution in [0.15, 0.2) is 36.4 Å². The van der Waals surface area contributed by atoms with Crippen molar-refractivity contribution < 1.29 is 9.18 Å². The van der Waals surface area contributed by atoms with E-state index in [2.05, 4.69) is 21.4 Å². The van der Waals surface area contributed by atoms with Crippen molar-refractivity contribution in [3.63, 3.8) is 0 Å². The molecular weight excluding hydrogens is 341 g/mol. The molecule has 0 spiro atoms. The number of aromatic amines is 2. The Balaban J connectivity index is 1.51. The minimum Gasteiger partial charge on any atom is -0.356 e. The number of benzene rings is 2. The third kappa shape index (κ3) is 3.10. The molecule has 2 heterocycles. The summed E-state index contributed by atoms with van der Waals surface area (Å²) in [5.41, 5.74) is 6.22. The summed E-state index contributed by atoms with van der Waals surface area (Å²) < 4.78 is 14.1. The van der Waals surface area contributed by atoms with E-state index < -0.39 is 0 Å². The van der Waals surface area contributed by atoms with Gasteiger partial charge in [-0.1, -0.05) is 17.7 Å². The molecule has 0 saturated carbocycles. The Bertz CT molecular complexity index is 1170. The summed E-state index contributed by atoms with van der Waals surface area (Å²) >= 11 is 0. The number of nitrogens with one attached hydrogen (secondary N) is 3. The van der Waals surface area contributed by atoms with E-state index in [0.717, 1.165) is 38.7 Å². The molecule has 4 aromatic rings. The summed E-state index contributed by atoms with van der Waals surface area (Å²) in [7, 11) is 0. The van der Waals surface area contributed by atoms with Gasteiger partial charge >= 0.3 is 0 Å². The average molecular weight is 363 g/mol. The van der Waals surface area contributed by atoms with Gasteiger partial charge in [0.1, 0.15) is 11.5 Å². The molecule has 0 bridgehead atoms. The molecule has 0 aliphatic rings. The summed E-state index contributed by atoms with van der Waals surface area (Å²) in [5, 5.41) is 4.91. The third-order valence-electron chi connectivity index (χ3n) is 5.11. The number of fused-ring (bicyclic) bond motifs is 2. The van der Waals surface area contributed by atoms with Crippen molar-refractivity contribution in [2.75, 3.05) is 6.54 Å². The first-order valence-electron chi connectivity index (χ1n) is 9.08. The van der Waals surface area contributed by atoms with E-state index in [-0.39, 0.29) is 11.7 Å². The van der Waals surface area contributed by atoms with Crippen molar-refractivity contribution in [3.05, 3.63) is 70.3 Å². The smallest absolute Gasteiger partial charge is 0.267 e. The van der Waals surface area contributed by atoms with Crippen LogP contribution in [0.5, 0.6) is 0 Å². The summed E-state index contributed by atoms with van der Waals surface area (Å²) in [6.45, 7) is 6.43. The maximum Gasteiger partial charge on any atom is 0.267 e. The molecule has 5 heteroatoms. The molecule has 4 rings (SSSR count). The number of carbonyl (C=O) groups excluding carboxylic acids is 1. The first-order chi connectivity index (χ1) is 12.9. The third-order valence-corrected chi connectivity index (χ3v) is 5.11. The van der Waals surface area contributed by atoms with Crippen molar-refractivity contribution in [1.82, 2.24) is 15.3 Å². The minimum absolute atomic E-state index is 0.135. The van der Waals surface area contributed by atoms with Gasteiger partial charge in [0.05, 0.1) is 5.52 Å². The lowest BCUT2D eigenvalue weighted by Crippen LogP contribution is -2.26. The largest absolute Gasteiger partial charge is 0.356 e. The number of aryl methyl sites for hydroxylation is 3. The maximum absolute atomic E-state index is 14.1. The normalized spacial score (nSPS) is 11.4. The minimum atomic E-state index is -0.248. The van der Waals surface area contributed by atoms with Crippen LogP contribution in [0.1, 0.15) is 32.9 Å². The zero-order valence-electron chi connectivity index (χ0n) is 15.7. The second-order valence-electron chi connectivity index (χ2n) is 7.12. The number of amides is 1. The molecule has 0 aliphatic carbocycles. The highest BCUT2D eigenvalue weighted by molar-refractivity contribution is 5.98. The molecule has 1 amide bonds. The Morgan fingerprint density at radius 2 is 1.89 bits per heavy atom. The summed E-state index contributed by atoms with van der Waals surface area (Å²) in [5.74, 6) is -0.383. The zero-order valence-corrected chi connectivity index (χ0v) is 15.7. The van der Waals surface area contributed by atoms with Crippen LogP contribution >= 0.6 is 0 Å². The number of H-pyrrole nitrogens is 2. The number of hydrogen-bond donors (Lipinski definition) is 3. The lowest BCUT2D eigenvalue weighted by Gasteiger charge is -2.06. The first-order valence-corrected chi connectivity index (χ1v) is 9.08. The van der Waals surface area contributed by atoms with Crippen molar-refractivity contribution in [2.45, 2.75) is 27.2 Å². The predicted octanol–water partition coefficient (Wildman–Crippen LogP) is 4.69. The van der Waals surface area contributed by atoms with E-state index in [1.807, 2.05) is 39.0 Å². The van der Waals surface area contributed by atoms with Crippen LogP contribution in [-0.2, 0) is 6.42 Å². The van der Waals surface area contributed by atoms with Crippen LogP contribution in [0, 0.1) is 26.6 Å². The molecule has 2 aromatic carbocycles. The molecule has 0 unspecified atom stereocenters. The van der Waals surface area contributed by atoms with Crippen LogP contribution in [0.25, 0.3) is 21.8 Å². The fourth-order valence-corrected chi connectivity index (χ4v) is 3.73. The second-order valence-corrected chi connectivity index (χ2v) is 7.12. The molecule has 138 valence electrons. The number of halogens is 1. The van der Waals surface area contributed by atoms with Gasteiger partial charge in [0.15, 0.2) is 0 Å². The quantitative estimate of drug-likeness (QED) is 0.484. The number of aromatic nitrogens is 2. The molecular formula is C22H22FN3O. The highest BCUT2D eigenvalue weighted by atomic mass is 19.1. The Hall–Kier alpha value is -3.08. The second kappa shape index (κ2) is 6.58. The molecule has 0 aliphatic heterocycles. The Morgan fingerprint density at radius 1 is 1.07 bits per heavy atom. The van der Waals surface area contributed by atoms with Gasteiger partial charge in [0.25, 0.3) is 5.91 Å². The highest BCUT2D eigenvalue weighted by Crippen LogP contribution is 2.27. The molecule has 2 aromatic heterocycles. The van der Waals surface area contributed by atoms with Gasteiger partial charge in [-0.15, -0.1) is 0 Å². The fraction of sp³-hybridized carbons (Fsp3) is 0.227. The number of hydrogen-bond acceptors (Lipinski definition) is 1. The van der Waals surface area contributed by atoms with E-state index in [9.17, 15) is 9.18 Å². The maximum atomic E-state index is 14.1. The molecule has 0 atom stereocenters. The van der Waals surface area contributed by atoms with Crippen molar-refractivity contribution >= 4 is 27.7 Å². The Kier molecular flexibility index (Phi) is 4.22. The van der Waals surface area contributed by atoms with Crippen molar-refractivity contribution in [2.24, 2.45) is 0 Å². The Morgan fingerprint density at radius 3 is 2.70 bits per heavy atom. The summed E-state index contributed by atoms with van der Waals surface area (Å²) in [6, 6.07) is 11.2. The number of rotatable bonds is 4. The van der Waals surface area contributed by atoms with Crippen LogP contribution < -0.4 is 5.32 Å². The zero-order chi connectivity index (χ0) is 19.1. The lowest BCUT2D eigenvalue weighted by molar-refractivity contribution is 0.0950. The van der Waals surface area contributed by atoms with E-state index in [4.69, 9.17) is 0 Å². The SMILES string of the molecule is Cc1ccc2[nH]c(C(=O)NCCc3c(C)[nH]c4c(F)ccc(C)c34)cc2c1. The van der Waals surface area contributed by atoms with Crippen molar-refractivity contribution in [1.29, 1.82) is 0 Å². The van der Waals surface area contributed by atoms with E-state index >= 15 is 0 Å². The number of carbonyl (C=O) groups is 1. The van der Waals surface area contributed by atoms with E-state index in [0.29, 0.717) is 24.2 Å². The molecule has 27 heavy (non-hydrogen) atoms. The summed E-state index contributed by atoms with van der Waals surface area (Å²) in [6.07, 6.45) is 0.640. The van der Waals surface area contributed by atoms with Crippen molar-refractivity contribution in [3.8, 4) is 0 Å². The van der Waals surface area contributed by atoms with Gasteiger partial charge in [0, 0.05) is 28.5 Å². The molecule has 0 radical (unpaired) electrons. The van der Waals surface area contributed by atoms with Crippen LogP contribution in [0.4, 0.5) is 4.39 Å². The predicted molar refractivity (Wildman–Crippen MR) is 107 cm³/mol. The average Bonchev–Trinajstić information content (AvgIpc) is 3.20. The van der Waals surface area contributed by atoms with Gasteiger partial charge < -0.3 is 15.3 Å². The van der Waals surface area contributed by atoms with Gasteiger partial charge in [-0.3, -0.25) is 4.79 Å². The summed E-state index contributed by atoms with van der Waals surface area (Å²) in [4.78, 5) is 18.8.